The molecule has 6 heteroatoms. The fourth-order valence-electron chi connectivity index (χ4n) is 3.88. The molecule has 2 saturated heterocycles. The average molecular weight is 357 g/mol. The number of hydrogen-bond acceptors (Lipinski definition) is 4. The minimum Gasteiger partial charge on any atom is -0.378 e. The molecule has 1 aromatic heterocycles. The van der Waals surface area contributed by atoms with Gasteiger partial charge in [-0.15, -0.1) is 0 Å². The lowest BCUT2D eigenvalue weighted by molar-refractivity contribution is 0.122. The Morgan fingerprint density at radius 3 is 2.65 bits per heavy atom. The normalized spacial score (nSPS) is 23.4. The first kappa shape index (κ1) is 17.1. The van der Waals surface area contributed by atoms with Crippen LogP contribution in [0.5, 0.6) is 0 Å². The van der Waals surface area contributed by atoms with Crippen LogP contribution in [0.4, 0.5) is 15.9 Å². The van der Waals surface area contributed by atoms with Crippen LogP contribution >= 0.6 is 0 Å². The van der Waals surface area contributed by atoms with Gasteiger partial charge in [-0.2, -0.15) is 0 Å². The summed E-state index contributed by atoms with van der Waals surface area (Å²) in [5.41, 5.74) is 1.84. The van der Waals surface area contributed by atoms with Gasteiger partial charge in [-0.25, -0.2) is 4.39 Å². The second-order valence-electron chi connectivity index (χ2n) is 6.94. The standard InChI is InChI=1S/C20H24FN3O2/c21-17-6-7-24(18(17)12-15-4-2-1-3-5-15)19-13-16(14-20(25)22-19)23-8-10-26-11-9-23/h1-5,13-14,17-18H,6-12H2,(H,22,25)/t17-,18+/m0/s1. The van der Waals surface area contributed by atoms with Gasteiger partial charge in [0.25, 0.3) is 5.56 Å². The monoisotopic (exact) mass is 357 g/mol. The van der Waals surface area contributed by atoms with E-state index in [0.717, 1.165) is 24.3 Å². The molecule has 2 aliphatic heterocycles. The van der Waals surface area contributed by atoms with E-state index in [-0.39, 0.29) is 11.6 Å². The van der Waals surface area contributed by atoms with Crippen LogP contribution in [0.1, 0.15) is 12.0 Å². The number of aromatic amines is 1. The summed E-state index contributed by atoms with van der Waals surface area (Å²) in [6.07, 6.45) is 0.221. The van der Waals surface area contributed by atoms with E-state index in [4.69, 9.17) is 4.74 Å². The van der Waals surface area contributed by atoms with Gasteiger partial charge in [0.05, 0.1) is 19.3 Å². The molecule has 2 fully saturated rings. The summed E-state index contributed by atoms with van der Waals surface area (Å²) in [5.74, 6) is 0.708. The summed E-state index contributed by atoms with van der Waals surface area (Å²) < 4.78 is 20.0. The van der Waals surface area contributed by atoms with Crippen LogP contribution in [0.15, 0.2) is 47.3 Å². The molecule has 138 valence electrons. The highest BCUT2D eigenvalue weighted by Gasteiger charge is 2.35. The number of nitrogens with one attached hydrogen (secondary N) is 1. The van der Waals surface area contributed by atoms with Gasteiger partial charge < -0.3 is 19.5 Å². The van der Waals surface area contributed by atoms with Gasteiger partial charge in [0.1, 0.15) is 12.0 Å². The summed E-state index contributed by atoms with van der Waals surface area (Å²) in [5, 5.41) is 0. The van der Waals surface area contributed by atoms with Crippen LogP contribution < -0.4 is 15.4 Å². The van der Waals surface area contributed by atoms with Gasteiger partial charge in [0.2, 0.25) is 0 Å². The smallest absolute Gasteiger partial charge is 0.251 e. The van der Waals surface area contributed by atoms with Gasteiger partial charge in [0.15, 0.2) is 0 Å². The van der Waals surface area contributed by atoms with Crippen molar-refractivity contribution < 1.29 is 9.13 Å². The predicted molar refractivity (Wildman–Crippen MR) is 101 cm³/mol. The fourth-order valence-corrected chi connectivity index (χ4v) is 3.88. The second kappa shape index (κ2) is 7.50. The molecule has 4 rings (SSSR count). The Bertz CT molecular complexity index is 789. The van der Waals surface area contributed by atoms with Crippen LogP contribution in [-0.4, -0.2) is 50.0 Å². The number of morpholine rings is 1. The van der Waals surface area contributed by atoms with E-state index in [1.54, 1.807) is 6.07 Å². The van der Waals surface area contributed by atoms with Crippen molar-refractivity contribution in [2.75, 3.05) is 42.6 Å². The number of alkyl halides is 1. The van der Waals surface area contributed by atoms with E-state index in [2.05, 4.69) is 9.88 Å². The first-order valence-electron chi connectivity index (χ1n) is 9.22. The number of benzene rings is 1. The molecular formula is C20H24FN3O2. The maximum atomic E-state index is 14.6. The lowest BCUT2D eigenvalue weighted by atomic mass is 10.0. The number of ether oxygens (including phenoxy) is 1. The molecule has 1 aromatic carbocycles. The Morgan fingerprint density at radius 2 is 1.88 bits per heavy atom. The van der Waals surface area contributed by atoms with E-state index < -0.39 is 6.17 Å². The average Bonchev–Trinajstić information content (AvgIpc) is 3.03. The topological polar surface area (TPSA) is 48.6 Å². The highest BCUT2D eigenvalue weighted by Crippen LogP contribution is 2.30. The number of nitrogens with zero attached hydrogens (tertiary/aromatic N) is 2. The molecule has 0 amide bonds. The van der Waals surface area contributed by atoms with Gasteiger partial charge in [-0.05, 0) is 18.4 Å². The number of halogens is 1. The minimum atomic E-state index is -0.897. The van der Waals surface area contributed by atoms with Crippen molar-refractivity contribution >= 4 is 11.5 Å². The number of aromatic nitrogens is 1. The summed E-state index contributed by atoms with van der Waals surface area (Å²) in [7, 11) is 0. The second-order valence-corrected chi connectivity index (χ2v) is 6.94. The van der Waals surface area contributed by atoms with Gasteiger partial charge in [-0.3, -0.25) is 4.79 Å². The third-order valence-electron chi connectivity index (χ3n) is 5.25. The van der Waals surface area contributed by atoms with Crippen LogP contribution in [0.2, 0.25) is 0 Å². The molecule has 5 nitrogen and oxygen atoms in total. The predicted octanol–water partition coefficient (Wildman–Crippen LogP) is 2.37. The molecule has 0 radical (unpaired) electrons. The van der Waals surface area contributed by atoms with E-state index in [1.807, 2.05) is 41.3 Å². The zero-order chi connectivity index (χ0) is 17.9. The number of anilines is 2. The molecule has 0 saturated carbocycles. The van der Waals surface area contributed by atoms with E-state index in [9.17, 15) is 9.18 Å². The Balaban J connectivity index is 1.60. The van der Waals surface area contributed by atoms with Gasteiger partial charge in [-0.1, -0.05) is 30.3 Å². The van der Waals surface area contributed by atoms with E-state index >= 15 is 0 Å². The van der Waals surface area contributed by atoms with E-state index in [0.29, 0.717) is 38.4 Å². The highest BCUT2D eigenvalue weighted by atomic mass is 19.1. The van der Waals surface area contributed by atoms with Crippen molar-refractivity contribution in [1.82, 2.24) is 4.98 Å². The highest BCUT2D eigenvalue weighted by molar-refractivity contribution is 5.56. The third-order valence-corrected chi connectivity index (χ3v) is 5.25. The van der Waals surface area contributed by atoms with E-state index in [1.165, 1.54) is 0 Å². The number of pyridine rings is 1. The lowest BCUT2D eigenvalue weighted by Gasteiger charge is -2.31. The SMILES string of the molecule is O=c1cc(N2CCOCC2)cc(N2CC[C@H](F)[C@H]2Cc2ccccc2)[nH]1. The molecule has 2 aliphatic rings. The van der Waals surface area contributed by atoms with Crippen molar-refractivity contribution in [2.45, 2.75) is 25.1 Å². The van der Waals surface area contributed by atoms with Gasteiger partial charge >= 0.3 is 0 Å². The molecule has 3 heterocycles. The maximum absolute atomic E-state index is 14.6. The number of rotatable bonds is 4. The summed E-state index contributed by atoms with van der Waals surface area (Å²) >= 11 is 0. The molecule has 2 atom stereocenters. The maximum Gasteiger partial charge on any atom is 0.251 e. The van der Waals surface area contributed by atoms with Crippen molar-refractivity contribution in [3.8, 4) is 0 Å². The quantitative estimate of drug-likeness (QED) is 0.913. The fraction of sp³-hybridized carbons (Fsp3) is 0.450. The first-order valence-corrected chi connectivity index (χ1v) is 9.22. The molecule has 0 spiro atoms. The van der Waals surface area contributed by atoms with Gasteiger partial charge in [0, 0.05) is 37.5 Å². The lowest BCUT2D eigenvalue weighted by Crippen LogP contribution is -2.39. The Hall–Kier alpha value is -2.34. The van der Waals surface area contributed by atoms with Crippen LogP contribution in [0.3, 0.4) is 0 Å². The molecule has 0 bridgehead atoms. The minimum absolute atomic E-state index is 0.148. The van der Waals surface area contributed by atoms with Crippen molar-refractivity contribution in [3.63, 3.8) is 0 Å². The first-order chi connectivity index (χ1) is 12.7. The number of H-pyrrole nitrogens is 1. The summed E-state index contributed by atoms with van der Waals surface area (Å²) in [6.45, 7) is 3.47. The largest absolute Gasteiger partial charge is 0.378 e. The molecular weight excluding hydrogens is 333 g/mol. The third kappa shape index (κ3) is 3.60. The Labute approximate surface area is 152 Å². The Morgan fingerprint density at radius 1 is 1.12 bits per heavy atom. The number of hydrogen-bond donors (Lipinski definition) is 1. The van der Waals surface area contributed by atoms with Crippen molar-refractivity contribution in [1.29, 1.82) is 0 Å². The zero-order valence-electron chi connectivity index (χ0n) is 14.7. The van der Waals surface area contributed by atoms with Crippen molar-refractivity contribution in [2.24, 2.45) is 0 Å². The van der Waals surface area contributed by atoms with Crippen LogP contribution in [0.25, 0.3) is 0 Å². The van der Waals surface area contributed by atoms with Crippen LogP contribution in [0, 0.1) is 0 Å². The molecule has 0 unspecified atom stereocenters. The van der Waals surface area contributed by atoms with Crippen LogP contribution in [-0.2, 0) is 11.2 Å². The zero-order valence-corrected chi connectivity index (χ0v) is 14.7. The molecule has 0 aliphatic carbocycles. The van der Waals surface area contributed by atoms with Crippen molar-refractivity contribution in [3.05, 3.63) is 58.4 Å². The summed E-state index contributed by atoms with van der Waals surface area (Å²) in [6, 6.07) is 13.3. The molecule has 2 aromatic rings. The molecule has 1 N–H and O–H groups in total. The Kier molecular flexibility index (Phi) is 4.93. The summed E-state index contributed by atoms with van der Waals surface area (Å²) in [4.78, 5) is 19.3. The molecule has 26 heavy (non-hydrogen) atoms.